The van der Waals surface area contributed by atoms with Crippen LogP contribution in [0.2, 0.25) is 0 Å². The molecule has 0 aliphatic heterocycles. The van der Waals surface area contributed by atoms with E-state index in [1.165, 1.54) is 283 Å². The number of carbonyl (C=O) groups is 2. The summed E-state index contributed by atoms with van der Waals surface area (Å²) in [5, 5.41) is 23.4. The number of ether oxygens (including phenoxy) is 1. The molecule has 6 nitrogen and oxygen atoms in total. The van der Waals surface area contributed by atoms with Gasteiger partial charge in [0.15, 0.2) is 0 Å². The first-order valence-corrected chi connectivity index (χ1v) is 34.2. The van der Waals surface area contributed by atoms with Crippen LogP contribution in [0.5, 0.6) is 0 Å². The first kappa shape index (κ1) is 74.1. The second kappa shape index (κ2) is 65.6. The first-order valence-electron chi connectivity index (χ1n) is 34.2. The summed E-state index contributed by atoms with van der Waals surface area (Å²) in [6.45, 7) is 4.97. The molecule has 448 valence electrons. The first-order chi connectivity index (χ1) is 37.5. The number of carbonyl (C=O) groups excluding carboxylic acids is 2. The van der Waals surface area contributed by atoms with E-state index in [-0.39, 0.29) is 18.5 Å². The number of unbranched alkanes of at least 4 members (excludes halogenated alkanes) is 47. The van der Waals surface area contributed by atoms with E-state index in [4.69, 9.17) is 4.74 Å². The summed E-state index contributed by atoms with van der Waals surface area (Å²) in [5.41, 5.74) is 0. The van der Waals surface area contributed by atoms with Gasteiger partial charge in [0.05, 0.1) is 25.4 Å². The Kier molecular flexibility index (Phi) is 63.9. The minimum absolute atomic E-state index is 0.000194. The lowest BCUT2D eigenvalue weighted by Crippen LogP contribution is -2.45. The number of aliphatic hydroxyl groups excluding tert-OH is 2. The third kappa shape index (κ3) is 61.3. The molecule has 1 amide bonds. The Hall–Kier alpha value is -1.92. The summed E-state index contributed by atoms with van der Waals surface area (Å²) in [4.78, 5) is 24.6. The minimum atomic E-state index is -0.672. The Labute approximate surface area is 474 Å². The Morgan fingerprint density at radius 1 is 0.368 bits per heavy atom. The fourth-order valence-electron chi connectivity index (χ4n) is 10.7. The number of hydrogen-bond acceptors (Lipinski definition) is 5. The lowest BCUT2D eigenvalue weighted by atomic mass is 10.0. The molecule has 3 N–H and O–H groups in total. The van der Waals surface area contributed by atoms with Crippen LogP contribution in [0.3, 0.4) is 0 Å². The van der Waals surface area contributed by atoms with Crippen molar-refractivity contribution < 1.29 is 24.5 Å². The molecule has 0 spiro atoms. The fourth-order valence-corrected chi connectivity index (χ4v) is 10.7. The number of rotatable bonds is 64. The van der Waals surface area contributed by atoms with E-state index in [9.17, 15) is 19.8 Å². The van der Waals surface area contributed by atoms with Crippen molar-refractivity contribution in [2.75, 3.05) is 13.2 Å². The van der Waals surface area contributed by atoms with Gasteiger partial charge in [-0.25, -0.2) is 0 Å². The van der Waals surface area contributed by atoms with Gasteiger partial charge in [0.25, 0.3) is 0 Å². The predicted molar refractivity (Wildman–Crippen MR) is 333 cm³/mol. The smallest absolute Gasteiger partial charge is 0.305 e. The maximum atomic E-state index is 12.5. The molecule has 0 rings (SSSR count). The molecule has 0 aromatic carbocycles. The van der Waals surface area contributed by atoms with Crippen molar-refractivity contribution in [1.29, 1.82) is 0 Å². The summed E-state index contributed by atoms with van der Waals surface area (Å²) < 4.78 is 5.49. The average molecular weight is 1070 g/mol. The SMILES string of the molecule is CCCCCCCCC/C=C\CCCCCCCC(=O)OCCCCCCCCCCC/C=C\C/C=C\CCCCCCCCCC(=O)NC(CO)C(O)CCCCCCCCCCCCCCCCCCCCCC. The van der Waals surface area contributed by atoms with Crippen LogP contribution < -0.4 is 5.32 Å². The molecule has 0 saturated carbocycles. The van der Waals surface area contributed by atoms with Crippen molar-refractivity contribution in [3.05, 3.63) is 36.5 Å². The molecule has 2 unspecified atom stereocenters. The van der Waals surface area contributed by atoms with Gasteiger partial charge < -0.3 is 20.3 Å². The van der Waals surface area contributed by atoms with Crippen LogP contribution in [0.4, 0.5) is 0 Å². The molecular weight excluding hydrogens is 935 g/mol. The lowest BCUT2D eigenvalue weighted by Gasteiger charge is -2.22. The van der Waals surface area contributed by atoms with Crippen LogP contribution in [-0.4, -0.2) is 47.4 Å². The van der Waals surface area contributed by atoms with Crippen LogP contribution in [-0.2, 0) is 14.3 Å². The molecule has 0 bridgehead atoms. The summed E-state index contributed by atoms with van der Waals surface area (Å²) in [5.74, 6) is -0.0421. The molecule has 0 aromatic rings. The van der Waals surface area contributed by atoms with E-state index in [0.29, 0.717) is 25.9 Å². The highest BCUT2D eigenvalue weighted by Crippen LogP contribution is 2.18. The number of hydrogen-bond donors (Lipinski definition) is 3. The Bertz CT molecular complexity index is 1230. The average Bonchev–Trinajstić information content (AvgIpc) is 3.42. The van der Waals surface area contributed by atoms with Gasteiger partial charge in [0.2, 0.25) is 5.91 Å². The van der Waals surface area contributed by atoms with E-state index in [0.717, 1.165) is 57.8 Å². The van der Waals surface area contributed by atoms with Crippen LogP contribution in [0.25, 0.3) is 0 Å². The maximum absolute atomic E-state index is 12.5. The molecule has 6 heteroatoms. The molecule has 0 radical (unpaired) electrons. The topological polar surface area (TPSA) is 95.9 Å². The van der Waals surface area contributed by atoms with Crippen molar-refractivity contribution >= 4 is 11.9 Å². The molecule has 0 aliphatic rings. The molecule has 2 atom stereocenters. The van der Waals surface area contributed by atoms with Gasteiger partial charge in [0.1, 0.15) is 0 Å². The molecule has 0 saturated heterocycles. The van der Waals surface area contributed by atoms with Gasteiger partial charge in [0, 0.05) is 12.8 Å². The highest BCUT2D eigenvalue weighted by Gasteiger charge is 2.20. The number of allylic oxidation sites excluding steroid dienone is 6. The largest absolute Gasteiger partial charge is 0.466 e. The minimum Gasteiger partial charge on any atom is -0.466 e. The molecule has 0 aromatic heterocycles. The molecule has 0 fully saturated rings. The molecule has 76 heavy (non-hydrogen) atoms. The van der Waals surface area contributed by atoms with E-state index in [1.54, 1.807) is 0 Å². The molecule has 0 heterocycles. The Morgan fingerprint density at radius 3 is 1.01 bits per heavy atom. The summed E-state index contributed by atoms with van der Waals surface area (Å²) in [6.07, 6.45) is 83.2. The zero-order valence-electron chi connectivity index (χ0n) is 51.3. The van der Waals surface area contributed by atoms with Crippen molar-refractivity contribution in [3.63, 3.8) is 0 Å². The summed E-state index contributed by atoms with van der Waals surface area (Å²) in [6, 6.07) is -0.551. The fraction of sp³-hybridized carbons (Fsp3) is 0.886. The van der Waals surface area contributed by atoms with E-state index >= 15 is 0 Å². The van der Waals surface area contributed by atoms with Gasteiger partial charge in [-0.1, -0.05) is 314 Å². The summed E-state index contributed by atoms with van der Waals surface area (Å²) in [7, 11) is 0. The quantitative estimate of drug-likeness (QED) is 0.0320. The van der Waals surface area contributed by atoms with Crippen LogP contribution in [0, 0.1) is 0 Å². The standard InChI is InChI=1S/C70H133NO5/c1-3-5-7-9-11-13-15-17-19-21-22-28-31-34-38-42-46-50-54-58-62-68(73)67(66-72)71-69(74)63-59-55-51-47-43-39-35-32-29-26-24-23-25-27-30-33-37-41-45-49-53-57-61-65-76-70(75)64-60-56-52-48-44-40-36-20-18-16-14-12-10-8-6-4-2/h20,23,25-26,29,36,67-68,72-73H,3-19,21-22,24,27-28,30-35,37-66H2,1-2H3,(H,71,74)/b25-23-,29-26-,36-20-. The zero-order valence-corrected chi connectivity index (χ0v) is 51.3. The van der Waals surface area contributed by atoms with Gasteiger partial charge in [-0.15, -0.1) is 0 Å². The van der Waals surface area contributed by atoms with Crippen molar-refractivity contribution in [2.24, 2.45) is 0 Å². The van der Waals surface area contributed by atoms with Crippen molar-refractivity contribution in [2.45, 2.75) is 386 Å². The van der Waals surface area contributed by atoms with Crippen LogP contribution in [0.1, 0.15) is 373 Å². The van der Waals surface area contributed by atoms with Crippen molar-refractivity contribution in [1.82, 2.24) is 5.32 Å². The van der Waals surface area contributed by atoms with Crippen LogP contribution in [0.15, 0.2) is 36.5 Å². The second-order valence-electron chi connectivity index (χ2n) is 23.5. The Balaban J connectivity index is 3.45. The Morgan fingerprint density at radius 2 is 0.658 bits per heavy atom. The summed E-state index contributed by atoms with van der Waals surface area (Å²) >= 11 is 0. The lowest BCUT2D eigenvalue weighted by molar-refractivity contribution is -0.143. The van der Waals surface area contributed by atoms with E-state index in [2.05, 4.69) is 55.6 Å². The number of amides is 1. The van der Waals surface area contributed by atoms with Gasteiger partial charge in [-0.3, -0.25) is 9.59 Å². The normalized spacial score (nSPS) is 12.7. The highest BCUT2D eigenvalue weighted by molar-refractivity contribution is 5.76. The molecule has 0 aliphatic carbocycles. The van der Waals surface area contributed by atoms with Crippen molar-refractivity contribution in [3.8, 4) is 0 Å². The maximum Gasteiger partial charge on any atom is 0.305 e. The third-order valence-electron chi connectivity index (χ3n) is 15.9. The van der Waals surface area contributed by atoms with Crippen LogP contribution >= 0.6 is 0 Å². The number of aliphatic hydroxyl groups is 2. The van der Waals surface area contributed by atoms with Gasteiger partial charge >= 0.3 is 5.97 Å². The van der Waals surface area contributed by atoms with Gasteiger partial charge in [-0.05, 0) is 83.5 Å². The molecular formula is C70H133NO5. The number of nitrogens with one attached hydrogen (secondary N) is 1. The van der Waals surface area contributed by atoms with E-state index < -0.39 is 12.1 Å². The van der Waals surface area contributed by atoms with E-state index in [1.807, 2.05) is 0 Å². The predicted octanol–water partition coefficient (Wildman–Crippen LogP) is 21.9. The zero-order chi connectivity index (χ0) is 55.0. The third-order valence-corrected chi connectivity index (χ3v) is 15.9. The second-order valence-corrected chi connectivity index (χ2v) is 23.5. The van der Waals surface area contributed by atoms with Gasteiger partial charge in [-0.2, -0.15) is 0 Å². The highest BCUT2D eigenvalue weighted by atomic mass is 16.5. The number of esters is 1. The monoisotopic (exact) mass is 1070 g/mol.